The van der Waals surface area contributed by atoms with Crippen LogP contribution in [-0.4, -0.2) is 75.0 Å². The van der Waals surface area contributed by atoms with Crippen molar-refractivity contribution in [3.63, 3.8) is 0 Å². The van der Waals surface area contributed by atoms with Gasteiger partial charge in [-0.15, -0.1) is 0 Å². The predicted octanol–water partition coefficient (Wildman–Crippen LogP) is 4.70. The lowest BCUT2D eigenvalue weighted by Crippen LogP contribution is -2.46. The maximum absolute atomic E-state index is 14.7. The summed E-state index contributed by atoms with van der Waals surface area (Å²) >= 11 is 0. The maximum Gasteiger partial charge on any atom is 0.406 e. The van der Waals surface area contributed by atoms with Gasteiger partial charge in [0.15, 0.2) is 0 Å². The molecule has 3 aromatic heterocycles. The summed E-state index contributed by atoms with van der Waals surface area (Å²) in [5.41, 5.74) is 0.892. The minimum absolute atomic E-state index is 0.0251. The number of hydrogen-bond donors (Lipinski definition) is 2. The highest BCUT2D eigenvalue weighted by Crippen LogP contribution is 2.35. The van der Waals surface area contributed by atoms with Crippen LogP contribution in [0.3, 0.4) is 0 Å². The first-order valence-electron chi connectivity index (χ1n) is 12.8. The van der Waals surface area contributed by atoms with Gasteiger partial charge in [0.1, 0.15) is 12.7 Å². The number of alkyl halides is 6. The molecule has 0 radical (unpaired) electrons. The van der Waals surface area contributed by atoms with E-state index in [9.17, 15) is 31.1 Å². The summed E-state index contributed by atoms with van der Waals surface area (Å²) in [4.78, 5) is 18.4. The molecule has 0 bridgehead atoms. The number of hydrogen-bond acceptors (Lipinski definition) is 6. The van der Waals surface area contributed by atoms with E-state index in [4.69, 9.17) is 4.52 Å². The fraction of sp³-hybridized carbons (Fsp3) is 0.423. The molecule has 1 aliphatic rings. The molecule has 2 atom stereocenters. The van der Waals surface area contributed by atoms with Crippen LogP contribution in [0.4, 0.5) is 32.0 Å². The van der Waals surface area contributed by atoms with Gasteiger partial charge < -0.3 is 29.2 Å². The predicted molar refractivity (Wildman–Crippen MR) is 137 cm³/mol. The van der Waals surface area contributed by atoms with Crippen LogP contribution in [0.2, 0.25) is 0 Å². The van der Waals surface area contributed by atoms with Gasteiger partial charge in [-0.2, -0.15) is 18.2 Å². The molecule has 5 rings (SSSR count). The highest BCUT2D eigenvalue weighted by molar-refractivity contribution is 5.96. The molecule has 1 aliphatic heterocycles. The second-order valence-electron chi connectivity index (χ2n) is 9.97. The van der Waals surface area contributed by atoms with E-state index in [1.165, 1.54) is 35.2 Å². The third kappa shape index (κ3) is 6.66. The van der Waals surface area contributed by atoms with Crippen LogP contribution in [0, 0.1) is 0 Å². The average Bonchev–Trinajstić information content (AvgIpc) is 3.63. The average molecular weight is 584 g/mol. The summed E-state index contributed by atoms with van der Waals surface area (Å²) in [5, 5.41) is 9.94. The quantitative estimate of drug-likeness (QED) is 0.278. The smallest absolute Gasteiger partial charge is 0.379 e. The molecule has 1 fully saturated rings. The van der Waals surface area contributed by atoms with Crippen molar-refractivity contribution < 1.29 is 35.7 Å². The number of benzene rings is 1. The van der Waals surface area contributed by atoms with Gasteiger partial charge in [-0.1, -0.05) is 11.2 Å². The molecule has 4 heterocycles. The lowest BCUT2D eigenvalue weighted by molar-refractivity contribution is -0.139. The van der Waals surface area contributed by atoms with Gasteiger partial charge in [-0.05, 0) is 37.7 Å². The number of nitrogens with one attached hydrogen (secondary N) is 2. The highest BCUT2D eigenvalue weighted by Gasteiger charge is 2.32. The molecule has 2 N–H and O–H groups in total. The molecule has 4 aromatic rings. The van der Waals surface area contributed by atoms with Gasteiger partial charge in [-0.25, -0.2) is 13.2 Å². The fourth-order valence-electron chi connectivity index (χ4n) is 4.90. The van der Waals surface area contributed by atoms with E-state index in [1.54, 1.807) is 12.1 Å². The largest absolute Gasteiger partial charge is 0.406 e. The summed E-state index contributed by atoms with van der Waals surface area (Å²) in [7, 11) is 1.82. The molecule has 0 saturated carbocycles. The van der Waals surface area contributed by atoms with Crippen molar-refractivity contribution >= 4 is 22.5 Å². The fourth-order valence-corrected chi connectivity index (χ4v) is 4.90. The first kappa shape index (κ1) is 28.5. The SMILES string of the molecule is CN1CC[C@@H](Nc2cccc3c2cc(-c2noc(CNC(=O)c4ccn(CC(F)F)c4)n2)n3CC(F)(F)F)[C@@H](F)C1. The zero-order valence-corrected chi connectivity index (χ0v) is 21.8. The van der Waals surface area contributed by atoms with Crippen molar-refractivity contribution in [2.75, 3.05) is 25.5 Å². The highest BCUT2D eigenvalue weighted by atomic mass is 19.4. The van der Waals surface area contributed by atoms with Crippen LogP contribution in [0.15, 0.2) is 47.2 Å². The second kappa shape index (κ2) is 11.5. The molecule has 0 spiro atoms. The van der Waals surface area contributed by atoms with Gasteiger partial charge in [-0.3, -0.25) is 4.79 Å². The first-order chi connectivity index (χ1) is 19.5. The van der Waals surface area contributed by atoms with Gasteiger partial charge in [0.05, 0.1) is 35.9 Å². The number of carbonyl (C=O) groups excluding carboxylic acids is 1. The lowest BCUT2D eigenvalue weighted by atomic mass is 10.0. The van der Waals surface area contributed by atoms with Crippen LogP contribution < -0.4 is 10.6 Å². The van der Waals surface area contributed by atoms with E-state index in [2.05, 4.69) is 20.8 Å². The molecule has 220 valence electrons. The van der Waals surface area contributed by atoms with E-state index in [0.29, 0.717) is 24.0 Å². The van der Waals surface area contributed by atoms with Gasteiger partial charge in [0.2, 0.25) is 11.7 Å². The molecule has 15 heteroatoms. The molecule has 1 saturated heterocycles. The molecule has 1 amide bonds. The Morgan fingerprint density at radius 1 is 1.24 bits per heavy atom. The van der Waals surface area contributed by atoms with E-state index in [0.717, 1.165) is 4.57 Å². The number of halogens is 6. The van der Waals surface area contributed by atoms with Gasteiger partial charge >= 0.3 is 6.18 Å². The number of nitrogens with zero attached hydrogens (tertiary/aromatic N) is 5. The number of anilines is 1. The minimum Gasteiger partial charge on any atom is -0.379 e. The maximum atomic E-state index is 14.7. The number of likely N-dealkylation sites (tertiary alicyclic amines) is 1. The third-order valence-corrected chi connectivity index (χ3v) is 6.83. The second-order valence-corrected chi connectivity index (χ2v) is 9.97. The standard InChI is InChI=1S/C26H27F6N7O2/c1-37-7-6-19(17(27)12-37)34-18-3-2-4-20-16(18)9-21(39(20)14-26(30,31)32)24-35-23(41-36-24)10-33-25(40)15-5-8-38(11-15)13-22(28)29/h2-5,8-9,11,17,19,22,34H,6-7,10,12-14H2,1H3,(H,33,40)/t17-,19+/m0/s1. The molecular formula is C26H27F6N7O2. The molecule has 0 aliphatic carbocycles. The van der Waals surface area contributed by atoms with Crippen molar-refractivity contribution in [3.8, 4) is 11.5 Å². The summed E-state index contributed by atoms with van der Waals surface area (Å²) in [5.74, 6) is -0.791. The number of amides is 1. The molecule has 1 aromatic carbocycles. The number of carbonyl (C=O) groups is 1. The molecule has 9 nitrogen and oxygen atoms in total. The van der Waals surface area contributed by atoms with E-state index >= 15 is 0 Å². The number of piperidine rings is 1. The Labute approximate surface area is 230 Å². The van der Waals surface area contributed by atoms with E-state index in [1.807, 2.05) is 11.9 Å². The lowest BCUT2D eigenvalue weighted by Gasteiger charge is -2.33. The Morgan fingerprint density at radius 3 is 2.78 bits per heavy atom. The zero-order chi connectivity index (χ0) is 29.3. The number of aromatic nitrogens is 4. The Bertz CT molecular complexity index is 1510. The van der Waals surface area contributed by atoms with Crippen LogP contribution >= 0.6 is 0 Å². The van der Waals surface area contributed by atoms with Crippen LogP contribution in [0.1, 0.15) is 22.7 Å². The van der Waals surface area contributed by atoms with E-state index < -0.39 is 43.8 Å². The van der Waals surface area contributed by atoms with Crippen LogP contribution in [-0.2, 0) is 19.6 Å². The van der Waals surface area contributed by atoms with Crippen LogP contribution in [0.25, 0.3) is 22.4 Å². The number of rotatable bonds is 9. The topological polar surface area (TPSA) is 93.2 Å². The molecule has 0 unspecified atom stereocenters. The Hall–Kier alpha value is -4.01. The summed E-state index contributed by atoms with van der Waals surface area (Å²) in [6.07, 6.45) is -5.17. The van der Waals surface area contributed by atoms with Gasteiger partial charge in [0.25, 0.3) is 12.3 Å². The third-order valence-electron chi connectivity index (χ3n) is 6.83. The van der Waals surface area contributed by atoms with Crippen LogP contribution in [0.5, 0.6) is 0 Å². The summed E-state index contributed by atoms with van der Waals surface area (Å²) in [6, 6.07) is 7.16. The number of fused-ring (bicyclic) bond motifs is 1. The van der Waals surface area contributed by atoms with Gasteiger partial charge in [0, 0.05) is 36.6 Å². The Balaban J connectivity index is 1.38. The first-order valence-corrected chi connectivity index (χ1v) is 12.8. The van der Waals surface area contributed by atoms with Crippen molar-refractivity contribution in [2.24, 2.45) is 0 Å². The van der Waals surface area contributed by atoms with E-state index in [-0.39, 0.29) is 41.6 Å². The van der Waals surface area contributed by atoms with Crippen molar-refractivity contribution in [3.05, 3.63) is 54.2 Å². The monoisotopic (exact) mass is 583 g/mol. The normalized spacial score (nSPS) is 18.3. The molecular weight excluding hydrogens is 556 g/mol. The van der Waals surface area contributed by atoms with Crippen molar-refractivity contribution in [2.45, 2.75) is 50.9 Å². The summed E-state index contributed by atoms with van der Waals surface area (Å²) in [6.45, 7) is -1.21. The Kier molecular flexibility index (Phi) is 7.98. The zero-order valence-electron chi connectivity index (χ0n) is 21.8. The van der Waals surface area contributed by atoms with Crippen molar-refractivity contribution in [1.29, 1.82) is 0 Å². The van der Waals surface area contributed by atoms with Crippen molar-refractivity contribution in [1.82, 2.24) is 29.5 Å². The molecule has 41 heavy (non-hydrogen) atoms. The summed E-state index contributed by atoms with van der Waals surface area (Å²) < 4.78 is 88.0. The Morgan fingerprint density at radius 2 is 2.05 bits per heavy atom. The minimum atomic E-state index is -4.57.